The second kappa shape index (κ2) is 5.23. The van der Waals surface area contributed by atoms with Gasteiger partial charge < -0.3 is 21.5 Å². The average molecular weight is 248 g/mol. The first-order valence-corrected chi connectivity index (χ1v) is 5.13. The molecule has 0 fully saturated rings. The number of methoxy groups -OCH3 is 1. The van der Waals surface area contributed by atoms with Gasteiger partial charge in [-0.3, -0.25) is 0 Å². The molecular weight excluding hydrogens is 233 g/mol. The number of rotatable bonds is 4. The SMILES string of the molecule is COCC(C)Nc1c(N)cc(N)c(Cl)c1F. The van der Waals surface area contributed by atoms with Crippen molar-refractivity contribution in [2.45, 2.75) is 13.0 Å². The van der Waals surface area contributed by atoms with Crippen LogP contribution in [0.3, 0.4) is 0 Å². The van der Waals surface area contributed by atoms with Crippen LogP contribution >= 0.6 is 11.6 Å². The molecule has 0 spiro atoms. The van der Waals surface area contributed by atoms with Gasteiger partial charge >= 0.3 is 0 Å². The average Bonchev–Trinajstić information content (AvgIpc) is 2.22. The highest BCUT2D eigenvalue weighted by Crippen LogP contribution is 2.33. The zero-order valence-corrected chi connectivity index (χ0v) is 9.94. The molecule has 1 rings (SSSR count). The molecule has 5 N–H and O–H groups in total. The van der Waals surface area contributed by atoms with Gasteiger partial charge in [0.2, 0.25) is 0 Å². The lowest BCUT2D eigenvalue weighted by Crippen LogP contribution is -2.22. The summed E-state index contributed by atoms with van der Waals surface area (Å²) in [7, 11) is 1.56. The summed E-state index contributed by atoms with van der Waals surface area (Å²) in [6.07, 6.45) is 0. The van der Waals surface area contributed by atoms with Gasteiger partial charge in [-0.1, -0.05) is 11.6 Å². The maximum absolute atomic E-state index is 13.7. The van der Waals surface area contributed by atoms with Crippen molar-refractivity contribution in [3.05, 3.63) is 16.9 Å². The zero-order valence-electron chi connectivity index (χ0n) is 9.18. The molecule has 0 saturated carbocycles. The Balaban J connectivity index is 3.00. The smallest absolute Gasteiger partial charge is 0.169 e. The molecule has 90 valence electrons. The normalized spacial score (nSPS) is 12.5. The topological polar surface area (TPSA) is 73.3 Å². The lowest BCUT2D eigenvalue weighted by atomic mass is 10.2. The molecule has 6 heteroatoms. The van der Waals surface area contributed by atoms with Gasteiger partial charge in [0.25, 0.3) is 0 Å². The van der Waals surface area contributed by atoms with Crippen molar-refractivity contribution in [3.8, 4) is 0 Å². The van der Waals surface area contributed by atoms with E-state index in [1.165, 1.54) is 6.07 Å². The predicted molar refractivity (Wildman–Crippen MR) is 65.2 cm³/mol. The first kappa shape index (κ1) is 12.9. The van der Waals surface area contributed by atoms with Crippen LogP contribution in [0.4, 0.5) is 21.5 Å². The van der Waals surface area contributed by atoms with Gasteiger partial charge in [0.1, 0.15) is 5.02 Å². The lowest BCUT2D eigenvalue weighted by Gasteiger charge is -2.17. The van der Waals surface area contributed by atoms with Crippen molar-refractivity contribution in [1.82, 2.24) is 0 Å². The maximum Gasteiger partial charge on any atom is 0.169 e. The fraction of sp³-hybridized carbons (Fsp3) is 0.400. The number of hydrogen-bond donors (Lipinski definition) is 3. The van der Waals surface area contributed by atoms with E-state index < -0.39 is 5.82 Å². The number of ether oxygens (including phenoxy) is 1. The Labute approximate surface area is 98.7 Å². The molecule has 0 amide bonds. The summed E-state index contributed by atoms with van der Waals surface area (Å²) in [5.74, 6) is -0.637. The third-order valence-corrected chi connectivity index (χ3v) is 2.46. The van der Waals surface area contributed by atoms with Crippen LogP contribution in [0.1, 0.15) is 6.92 Å². The van der Waals surface area contributed by atoms with Gasteiger partial charge in [-0.15, -0.1) is 0 Å². The highest BCUT2D eigenvalue weighted by molar-refractivity contribution is 6.33. The third kappa shape index (κ3) is 2.68. The van der Waals surface area contributed by atoms with Crippen molar-refractivity contribution in [2.24, 2.45) is 0 Å². The number of hydrogen-bond acceptors (Lipinski definition) is 4. The van der Waals surface area contributed by atoms with E-state index in [0.717, 1.165) is 0 Å². The van der Waals surface area contributed by atoms with Crippen molar-refractivity contribution >= 4 is 28.7 Å². The molecule has 0 aliphatic rings. The summed E-state index contributed by atoms with van der Waals surface area (Å²) in [5, 5.41) is 2.76. The van der Waals surface area contributed by atoms with Crippen molar-refractivity contribution in [2.75, 3.05) is 30.5 Å². The van der Waals surface area contributed by atoms with Gasteiger partial charge in [0.05, 0.1) is 23.7 Å². The Bertz CT molecular complexity index is 387. The molecule has 0 radical (unpaired) electrons. The maximum atomic E-state index is 13.7. The largest absolute Gasteiger partial charge is 0.397 e. The van der Waals surface area contributed by atoms with Gasteiger partial charge in [-0.2, -0.15) is 0 Å². The molecule has 0 aliphatic heterocycles. The second-order valence-corrected chi connectivity index (χ2v) is 3.94. The van der Waals surface area contributed by atoms with Crippen LogP contribution in [-0.4, -0.2) is 19.8 Å². The highest BCUT2D eigenvalue weighted by atomic mass is 35.5. The van der Waals surface area contributed by atoms with E-state index in [0.29, 0.717) is 6.61 Å². The molecule has 16 heavy (non-hydrogen) atoms. The van der Waals surface area contributed by atoms with Crippen LogP contribution in [-0.2, 0) is 4.74 Å². The van der Waals surface area contributed by atoms with Crippen LogP contribution in [0, 0.1) is 5.82 Å². The first-order chi connectivity index (χ1) is 7.47. The molecular formula is C10H15ClFN3O. The van der Waals surface area contributed by atoms with Gasteiger partial charge in [-0.25, -0.2) is 4.39 Å². The van der Waals surface area contributed by atoms with Crippen LogP contribution in [0.2, 0.25) is 5.02 Å². The third-order valence-electron chi connectivity index (χ3n) is 2.07. The molecule has 0 saturated heterocycles. The first-order valence-electron chi connectivity index (χ1n) is 4.75. The number of nitrogens with one attached hydrogen (secondary N) is 1. The fourth-order valence-electron chi connectivity index (χ4n) is 1.35. The van der Waals surface area contributed by atoms with E-state index in [-0.39, 0.29) is 28.1 Å². The second-order valence-electron chi connectivity index (χ2n) is 3.56. The minimum atomic E-state index is -0.637. The van der Waals surface area contributed by atoms with Gasteiger partial charge in [0.15, 0.2) is 5.82 Å². The van der Waals surface area contributed by atoms with E-state index in [2.05, 4.69) is 5.32 Å². The lowest BCUT2D eigenvalue weighted by molar-refractivity contribution is 0.190. The standard InChI is InChI=1S/C10H15ClFN3O/c1-5(4-16-2)15-10-7(14)3-6(13)8(11)9(10)12/h3,5,15H,4,13-14H2,1-2H3. The van der Waals surface area contributed by atoms with Crippen molar-refractivity contribution in [3.63, 3.8) is 0 Å². The zero-order chi connectivity index (χ0) is 12.3. The molecule has 1 aromatic carbocycles. The molecule has 0 bridgehead atoms. The van der Waals surface area contributed by atoms with Crippen molar-refractivity contribution < 1.29 is 9.13 Å². The minimum absolute atomic E-state index is 0.0820. The van der Waals surface area contributed by atoms with Gasteiger partial charge in [0, 0.05) is 13.2 Å². The number of halogens is 2. The molecule has 0 aromatic heterocycles. The van der Waals surface area contributed by atoms with Crippen LogP contribution < -0.4 is 16.8 Å². The quantitative estimate of drug-likeness (QED) is 0.713. The minimum Gasteiger partial charge on any atom is -0.397 e. The molecule has 1 unspecified atom stereocenters. The monoisotopic (exact) mass is 247 g/mol. The van der Waals surface area contributed by atoms with E-state index >= 15 is 0 Å². The van der Waals surface area contributed by atoms with Gasteiger partial charge in [-0.05, 0) is 13.0 Å². The summed E-state index contributed by atoms with van der Waals surface area (Å²) < 4.78 is 18.7. The molecule has 0 aliphatic carbocycles. The predicted octanol–water partition coefficient (Wildman–Crippen LogP) is 2.09. The fourth-order valence-corrected chi connectivity index (χ4v) is 1.50. The Kier molecular flexibility index (Phi) is 4.20. The number of anilines is 3. The van der Waals surface area contributed by atoms with E-state index in [9.17, 15) is 4.39 Å². The molecule has 4 nitrogen and oxygen atoms in total. The number of benzene rings is 1. The summed E-state index contributed by atoms with van der Waals surface area (Å²) in [6.45, 7) is 2.27. The van der Waals surface area contributed by atoms with Crippen LogP contribution in [0.15, 0.2) is 6.07 Å². The summed E-state index contributed by atoms with van der Waals surface area (Å²) >= 11 is 5.69. The number of nitrogen functional groups attached to an aromatic ring is 2. The molecule has 1 aromatic rings. The van der Waals surface area contributed by atoms with Crippen molar-refractivity contribution in [1.29, 1.82) is 0 Å². The Morgan fingerprint density at radius 1 is 1.50 bits per heavy atom. The Morgan fingerprint density at radius 2 is 2.12 bits per heavy atom. The molecule has 0 heterocycles. The summed E-state index contributed by atoms with van der Waals surface area (Å²) in [5.41, 5.74) is 11.6. The Hall–Kier alpha value is -1.20. The Morgan fingerprint density at radius 3 is 2.69 bits per heavy atom. The summed E-state index contributed by atoms with van der Waals surface area (Å²) in [4.78, 5) is 0. The summed E-state index contributed by atoms with van der Waals surface area (Å²) in [6, 6.07) is 1.34. The van der Waals surface area contributed by atoms with E-state index in [1.807, 2.05) is 6.92 Å². The van der Waals surface area contributed by atoms with Crippen LogP contribution in [0.25, 0.3) is 0 Å². The highest BCUT2D eigenvalue weighted by Gasteiger charge is 2.15. The molecule has 1 atom stereocenters. The van der Waals surface area contributed by atoms with E-state index in [1.54, 1.807) is 7.11 Å². The van der Waals surface area contributed by atoms with Crippen LogP contribution in [0.5, 0.6) is 0 Å². The van der Waals surface area contributed by atoms with E-state index in [4.69, 9.17) is 27.8 Å². The number of nitrogens with two attached hydrogens (primary N) is 2.